The molecular formula is C11H11N3O2. The zero-order valence-corrected chi connectivity index (χ0v) is 8.79. The van der Waals surface area contributed by atoms with E-state index >= 15 is 0 Å². The number of hydrogen-bond acceptors (Lipinski definition) is 5. The third-order valence-corrected chi connectivity index (χ3v) is 1.93. The number of nitrogens with zero attached hydrogens (tertiary/aromatic N) is 3. The molecule has 0 bridgehead atoms. The van der Waals surface area contributed by atoms with Crippen molar-refractivity contribution in [1.29, 1.82) is 0 Å². The molecule has 82 valence electrons. The summed E-state index contributed by atoms with van der Waals surface area (Å²) in [6.45, 7) is 1.74. The van der Waals surface area contributed by atoms with E-state index in [1.807, 2.05) is 13.0 Å². The average molecular weight is 217 g/mol. The Morgan fingerprint density at radius 1 is 1.25 bits per heavy atom. The van der Waals surface area contributed by atoms with Crippen LogP contribution in [-0.2, 0) is 6.61 Å². The first-order chi connectivity index (χ1) is 7.78. The van der Waals surface area contributed by atoms with E-state index < -0.39 is 0 Å². The van der Waals surface area contributed by atoms with Crippen LogP contribution in [0.5, 0.6) is 11.6 Å². The first kappa shape index (κ1) is 10.5. The molecule has 0 aromatic carbocycles. The van der Waals surface area contributed by atoms with Crippen LogP contribution >= 0.6 is 0 Å². The summed E-state index contributed by atoms with van der Waals surface area (Å²) in [6, 6.07) is 3.65. The lowest BCUT2D eigenvalue weighted by molar-refractivity contribution is 0.274. The molecule has 16 heavy (non-hydrogen) atoms. The normalized spacial score (nSPS) is 10.1. The molecule has 0 saturated heterocycles. The zero-order valence-electron chi connectivity index (χ0n) is 8.79. The first-order valence-electron chi connectivity index (χ1n) is 4.80. The zero-order chi connectivity index (χ0) is 11.4. The fourth-order valence-electron chi connectivity index (χ4n) is 1.15. The first-order valence-corrected chi connectivity index (χ1v) is 4.80. The standard InChI is InChI=1S/C11H11N3O2/c1-8-2-3-10(5-13-8)16-11-6-12-4-9(7-15)14-11/h2-6,15H,7H2,1H3. The quantitative estimate of drug-likeness (QED) is 0.843. The summed E-state index contributed by atoms with van der Waals surface area (Å²) in [5.74, 6) is 0.937. The monoisotopic (exact) mass is 217 g/mol. The largest absolute Gasteiger partial charge is 0.436 e. The summed E-state index contributed by atoms with van der Waals surface area (Å²) in [5, 5.41) is 8.89. The molecule has 1 N–H and O–H groups in total. The molecule has 0 fully saturated rings. The molecule has 0 aliphatic heterocycles. The molecule has 0 radical (unpaired) electrons. The fraction of sp³-hybridized carbons (Fsp3) is 0.182. The maximum absolute atomic E-state index is 8.89. The lowest BCUT2D eigenvalue weighted by Crippen LogP contribution is -1.95. The van der Waals surface area contributed by atoms with Crippen molar-refractivity contribution in [2.75, 3.05) is 0 Å². The number of pyridine rings is 1. The maximum Gasteiger partial charge on any atom is 0.238 e. The second kappa shape index (κ2) is 4.67. The molecule has 2 rings (SSSR count). The molecule has 2 aromatic heterocycles. The molecule has 0 aliphatic carbocycles. The lowest BCUT2D eigenvalue weighted by Gasteiger charge is -2.04. The van der Waals surface area contributed by atoms with Crippen molar-refractivity contribution in [2.24, 2.45) is 0 Å². The summed E-state index contributed by atoms with van der Waals surface area (Å²) in [5.41, 5.74) is 1.39. The number of rotatable bonds is 3. The Hall–Kier alpha value is -2.01. The van der Waals surface area contributed by atoms with Gasteiger partial charge in [0.1, 0.15) is 5.75 Å². The Morgan fingerprint density at radius 3 is 2.81 bits per heavy atom. The van der Waals surface area contributed by atoms with E-state index in [9.17, 15) is 0 Å². The van der Waals surface area contributed by atoms with E-state index in [-0.39, 0.29) is 6.61 Å². The van der Waals surface area contributed by atoms with Gasteiger partial charge in [0.2, 0.25) is 5.88 Å². The van der Waals surface area contributed by atoms with Gasteiger partial charge in [-0.2, -0.15) is 0 Å². The SMILES string of the molecule is Cc1ccc(Oc2cncc(CO)n2)cn1. The summed E-state index contributed by atoms with van der Waals surface area (Å²) in [6.07, 6.45) is 4.59. The van der Waals surface area contributed by atoms with Gasteiger partial charge in [0.05, 0.1) is 30.9 Å². The van der Waals surface area contributed by atoms with Crippen molar-refractivity contribution in [3.63, 3.8) is 0 Å². The highest BCUT2D eigenvalue weighted by Gasteiger charge is 2.01. The van der Waals surface area contributed by atoms with Gasteiger partial charge >= 0.3 is 0 Å². The smallest absolute Gasteiger partial charge is 0.238 e. The van der Waals surface area contributed by atoms with Crippen molar-refractivity contribution >= 4 is 0 Å². The van der Waals surface area contributed by atoms with Crippen molar-refractivity contribution < 1.29 is 9.84 Å². The molecule has 0 amide bonds. The van der Waals surface area contributed by atoms with Crippen molar-refractivity contribution in [2.45, 2.75) is 13.5 Å². The van der Waals surface area contributed by atoms with Crippen LogP contribution in [0, 0.1) is 6.92 Å². The number of ether oxygens (including phenoxy) is 1. The third kappa shape index (κ3) is 2.52. The van der Waals surface area contributed by atoms with Gasteiger partial charge in [0.15, 0.2) is 0 Å². The van der Waals surface area contributed by atoms with Gasteiger partial charge in [0, 0.05) is 5.69 Å². The van der Waals surface area contributed by atoms with Crippen LogP contribution in [0.15, 0.2) is 30.7 Å². The number of aliphatic hydroxyl groups excluding tert-OH is 1. The van der Waals surface area contributed by atoms with Crippen LogP contribution in [0.2, 0.25) is 0 Å². The topological polar surface area (TPSA) is 68.1 Å². The highest BCUT2D eigenvalue weighted by atomic mass is 16.5. The lowest BCUT2D eigenvalue weighted by atomic mass is 10.4. The van der Waals surface area contributed by atoms with E-state index in [0.717, 1.165) is 5.69 Å². The van der Waals surface area contributed by atoms with Crippen LogP contribution in [0.3, 0.4) is 0 Å². The Kier molecular flexibility index (Phi) is 3.07. The molecule has 0 unspecified atom stereocenters. The van der Waals surface area contributed by atoms with E-state index in [1.54, 1.807) is 12.3 Å². The van der Waals surface area contributed by atoms with Gasteiger partial charge < -0.3 is 9.84 Å². The highest BCUT2D eigenvalue weighted by Crippen LogP contribution is 2.17. The van der Waals surface area contributed by atoms with E-state index in [2.05, 4.69) is 15.0 Å². The van der Waals surface area contributed by atoms with Gasteiger partial charge in [-0.15, -0.1) is 0 Å². The second-order valence-electron chi connectivity index (χ2n) is 3.24. The number of aliphatic hydroxyl groups is 1. The van der Waals surface area contributed by atoms with Gasteiger partial charge in [0.25, 0.3) is 0 Å². The van der Waals surface area contributed by atoms with Crippen molar-refractivity contribution in [3.05, 3.63) is 42.1 Å². The molecule has 5 nitrogen and oxygen atoms in total. The van der Waals surface area contributed by atoms with Gasteiger partial charge in [-0.05, 0) is 19.1 Å². The highest BCUT2D eigenvalue weighted by molar-refractivity contribution is 5.24. The Bertz CT molecular complexity index is 471. The van der Waals surface area contributed by atoms with Gasteiger partial charge in [-0.3, -0.25) is 9.97 Å². The van der Waals surface area contributed by atoms with Crippen molar-refractivity contribution in [3.8, 4) is 11.6 Å². The van der Waals surface area contributed by atoms with Gasteiger partial charge in [-0.1, -0.05) is 0 Å². The molecular weight excluding hydrogens is 206 g/mol. The minimum absolute atomic E-state index is 0.156. The van der Waals surface area contributed by atoms with Crippen LogP contribution in [-0.4, -0.2) is 20.1 Å². The summed E-state index contributed by atoms with van der Waals surface area (Å²) in [7, 11) is 0. The molecule has 0 atom stereocenters. The Morgan fingerprint density at radius 2 is 2.12 bits per heavy atom. The predicted molar refractivity (Wildman–Crippen MR) is 57.0 cm³/mol. The van der Waals surface area contributed by atoms with Crippen molar-refractivity contribution in [1.82, 2.24) is 15.0 Å². The number of aromatic nitrogens is 3. The molecule has 0 aliphatic rings. The molecule has 2 aromatic rings. The fourth-order valence-corrected chi connectivity index (χ4v) is 1.15. The molecule has 0 saturated carbocycles. The number of aryl methyl sites for hydroxylation is 1. The summed E-state index contributed by atoms with van der Waals surface area (Å²) >= 11 is 0. The molecule has 2 heterocycles. The van der Waals surface area contributed by atoms with Crippen LogP contribution in [0.1, 0.15) is 11.4 Å². The second-order valence-corrected chi connectivity index (χ2v) is 3.24. The number of hydrogen-bond donors (Lipinski definition) is 1. The van der Waals surface area contributed by atoms with Gasteiger partial charge in [-0.25, -0.2) is 4.98 Å². The molecule has 0 spiro atoms. The Balaban J connectivity index is 2.16. The molecule has 5 heteroatoms. The summed E-state index contributed by atoms with van der Waals surface area (Å²) < 4.78 is 5.43. The maximum atomic E-state index is 8.89. The average Bonchev–Trinajstić information content (AvgIpc) is 2.32. The minimum atomic E-state index is -0.156. The van der Waals surface area contributed by atoms with E-state index in [4.69, 9.17) is 9.84 Å². The minimum Gasteiger partial charge on any atom is -0.436 e. The van der Waals surface area contributed by atoms with Crippen LogP contribution in [0.25, 0.3) is 0 Å². The third-order valence-electron chi connectivity index (χ3n) is 1.93. The van der Waals surface area contributed by atoms with Crippen LogP contribution in [0.4, 0.5) is 0 Å². The summed E-state index contributed by atoms with van der Waals surface area (Å²) in [4.78, 5) is 12.0. The van der Waals surface area contributed by atoms with E-state index in [0.29, 0.717) is 17.3 Å². The van der Waals surface area contributed by atoms with Crippen LogP contribution < -0.4 is 4.74 Å². The Labute approximate surface area is 92.8 Å². The predicted octanol–water partition coefficient (Wildman–Crippen LogP) is 1.46. The van der Waals surface area contributed by atoms with E-state index in [1.165, 1.54) is 12.4 Å².